The number of halogens is 6. The topological polar surface area (TPSA) is 75.4 Å². The molecule has 28 heavy (non-hydrogen) atoms. The largest absolute Gasteiger partial charge is 0.402 e. The molecular weight excluding hydrogens is 392 g/mol. The Morgan fingerprint density at radius 3 is 2.50 bits per heavy atom. The van der Waals surface area contributed by atoms with Crippen molar-refractivity contribution in [3.05, 3.63) is 46.9 Å². The van der Waals surface area contributed by atoms with Gasteiger partial charge in [0.05, 0.1) is 6.42 Å². The van der Waals surface area contributed by atoms with E-state index < -0.39 is 54.3 Å². The number of rotatable bonds is 4. The first-order chi connectivity index (χ1) is 13.0. The summed E-state index contributed by atoms with van der Waals surface area (Å²) in [6.45, 7) is -0.0160. The maximum Gasteiger partial charge on any atom is 0.391 e. The third-order valence-electron chi connectivity index (χ3n) is 4.05. The Morgan fingerprint density at radius 2 is 1.86 bits per heavy atom. The Morgan fingerprint density at radius 1 is 1.21 bits per heavy atom. The first-order valence-electron chi connectivity index (χ1n) is 8.22. The lowest BCUT2D eigenvalue weighted by molar-refractivity contribution is -0.160. The van der Waals surface area contributed by atoms with Gasteiger partial charge < -0.3 is 16.0 Å². The fraction of sp³-hybridized carbons (Fsp3) is 0.412. The van der Waals surface area contributed by atoms with Crippen molar-refractivity contribution in [2.75, 3.05) is 13.1 Å². The summed E-state index contributed by atoms with van der Waals surface area (Å²) in [6.07, 6.45) is -5.70. The van der Waals surface area contributed by atoms with Crippen LogP contribution in [0.3, 0.4) is 0 Å². The normalized spacial score (nSPS) is 18.6. The number of nitrogens with one attached hydrogen (secondary N) is 1. The van der Waals surface area contributed by atoms with Crippen molar-refractivity contribution in [1.29, 1.82) is 0 Å². The number of carbonyl (C=O) groups is 2. The van der Waals surface area contributed by atoms with E-state index in [0.29, 0.717) is 12.1 Å². The first kappa shape index (κ1) is 21.6. The molecule has 0 radical (unpaired) electrons. The van der Waals surface area contributed by atoms with Gasteiger partial charge in [0, 0.05) is 37.3 Å². The SMILES string of the molecule is N/C(=C\C(=O)N1CCCNC(=O)C1CC(F)(F)F)Cc1cc(F)c(F)cc1F. The molecule has 1 heterocycles. The highest BCUT2D eigenvalue weighted by molar-refractivity contribution is 5.93. The van der Waals surface area contributed by atoms with Gasteiger partial charge in [-0.3, -0.25) is 9.59 Å². The number of amides is 2. The highest BCUT2D eigenvalue weighted by Crippen LogP contribution is 2.25. The van der Waals surface area contributed by atoms with Gasteiger partial charge in [0.25, 0.3) is 0 Å². The van der Waals surface area contributed by atoms with Crippen LogP contribution in [0, 0.1) is 17.5 Å². The first-order valence-corrected chi connectivity index (χ1v) is 8.22. The molecule has 0 aliphatic carbocycles. The van der Waals surface area contributed by atoms with E-state index in [4.69, 9.17) is 5.73 Å². The summed E-state index contributed by atoms with van der Waals surface area (Å²) in [5, 5.41) is 2.30. The van der Waals surface area contributed by atoms with E-state index in [2.05, 4.69) is 5.32 Å². The molecule has 1 aromatic carbocycles. The smallest absolute Gasteiger partial charge is 0.391 e. The Bertz CT molecular complexity index is 794. The number of hydrogen-bond acceptors (Lipinski definition) is 3. The molecule has 1 aliphatic rings. The second-order valence-corrected chi connectivity index (χ2v) is 6.27. The fourth-order valence-corrected chi connectivity index (χ4v) is 2.77. The molecule has 1 aromatic rings. The van der Waals surface area contributed by atoms with E-state index in [0.717, 1.165) is 11.0 Å². The molecule has 154 valence electrons. The van der Waals surface area contributed by atoms with Gasteiger partial charge in [-0.25, -0.2) is 13.2 Å². The molecule has 1 fully saturated rings. The number of alkyl halides is 3. The predicted octanol–water partition coefficient (Wildman–Crippen LogP) is 2.16. The molecule has 1 unspecified atom stereocenters. The van der Waals surface area contributed by atoms with Crippen LogP contribution in [0.15, 0.2) is 23.9 Å². The molecule has 1 aliphatic heterocycles. The van der Waals surface area contributed by atoms with Crippen molar-refractivity contribution in [3.63, 3.8) is 0 Å². The van der Waals surface area contributed by atoms with E-state index in [-0.39, 0.29) is 30.8 Å². The summed E-state index contributed by atoms with van der Waals surface area (Å²) in [5.41, 5.74) is 5.01. The van der Waals surface area contributed by atoms with Crippen LogP contribution in [0.25, 0.3) is 0 Å². The molecule has 3 N–H and O–H groups in total. The predicted molar refractivity (Wildman–Crippen MR) is 86.1 cm³/mol. The van der Waals surface area contributed by atoms with Gasteiger partial charge in [0.2, 0.25) is 11.8 Å². The third kappa shape index (κ3) is 5.64. The molecule has 11 heteroatoms. The molecule has 1 atom stereocenters. The van der Waals surface area contributed by atoms with E-state index in [1.807, 2.05) is 0 Å². The average molecular weight is 409 g/mol. The van der Waals surface area contributed by atoms with Crippen LogP contribution in [-0.2, 0) is 16.0 Å². The van der Waals surface area contributed by atoms with E-state index >= 15 is 0 Å². The third-order valence-corrected chi connectivity index (χ3v) is 4.05. The maximum atomic E-state index is 13.7. The molecule has 0 spiro atoms. The lowest BCUT2D eigenvalue weighted by atomic mass is 10.1. The molecule has 0 aromatic heterocycles. The van der Waals surface area contributed by atoms with Gasteiger partial charge in [-0.05, 0) is 18.1 Å². The quantitative estimate of drug-likeness (QED) is 0.455. The van der Waals surface area contributed by atoms with Crippen LogP contribution >= 0.6 is 0 Å². The van der Waals surface area contributed by atoms with Crippen molar-refractivity contribution in [2.24, 2.45) is 5.73 Å². The zero-order valence-corrected chi connectivity index (χ0v) is 14.5. The minimum atomic E-state index is -4.69. The number of nitrogens with two attached hydrogens (primary N) is 1. The van der Waals surface area contributed by atoms with Gasteiger partial charge in [-0.2, -0.15) is 13.2 Å². The second kappa shape index (κ2) is 8.53. The van der Waals surface area contributed by atoms with E-state index in [1.165, 1.54) is 0 Å². The van der Waals surface area contributed by atoms with Gasteiger partial charge in [-0.15, -0.1) is 0 Å². The Balaban J connectivity index is 2.21. The highest BCUT2D eigenvalue weighted by atomic mass is 19.4. The van der Waals surface area contributed by atoms with Gasteiger partial charge >= 0.3 is 6.18 Å². The lowest BCUT2D eigenvalue weighted by Gasteiger charge is -2.28. The summed E-state index contributed by atoms with van der Waals surface area (Å²) in [7, 11) is 0. The maximum absolute atomic E-state index is 13.7. The van der Waals surface area contributed by atoms with Gasteiger partial charge in [0.15, 0.2) is 11.6 Å². The van der Waals surface area contributed by atoms with Crippen LogP contribution in [-0.4, -0.2) is 42.0 Å². The number of nitrogens with zero attached hydrogens (tertiary/aromatic N) is 1. The van der Waals surface area contributed by atoms with Crippen molar-refractivity contribution in [1.82, 2.24) is 10.2 Å². The Hall–Kier alpha value is -2.72. The zero-order chi connectivity index (χ0) is 21.1. The number of allylic oxidation sites excluding steroid dienone is 1. The molecule has 2 amide bonds. The molecular formula is C17H17F6N3O2. The highest BCUT2D eigenvalue weighted by Gasteiger charge is 2.40. The Labute approximate surface area is 156 Å². The molecule has 5 nitrogen and oxygen atoms in total. The second-order valence-electron chi connectivity index (χ2n) is 6.27. The van der Waals surface area contributed by atoms with Gasteiger partial charge in [-0.1, -0.05) is 0 Å². The van der Waals surface area contributed by atoms with Crippen molar-refractivity contribution in [2.45, 2.75) is 31.5 Å². The summed E-state index contributed by atoms with van der Waals surface area (Å²) in [4.78, 5) is 25.0. The standard InChI is InChI=1S/C17H17F6N3O2/c18-11-7-13(20)12(19)5-9(11)4-10(24)6-15(27)26-3-1-2-25-16(28)14(26)8-17(21,22)23/h5-7,14H,1-4,8,24H2,(H,25,28)/b10-6-. The molecule has 2 rings (SSSR count). The number of hydrogen-bond donors (Lipinski definition) is 2. The number of benzene rings is 1. The van der Waals surface area contributed by atoms with Gasteiger partial charge in [0.1, 0.15) is 11.9 Å². The summed E-state index contributed by atoms with van der Waals surface area (Å²) < 4.78 is 78.2. The molecule has 1 saturated heterocycles. The minimum Gasteiger partial charge on any atom is -0.402 e. The molecule has 0 bridgehead atoms. The van der Waals surface area contributed by atoms with Crippen molar-refractivity contribution in [3.8, 4) is 0 Å². The number of carbonyl (C=O) groups excluding carboxylic acids is 2. The fourth-order valence-electron chi connectivity index (χ4n) is 2.77. The van der Waals surface area contributed by atoms with Crippen LogP contribution < -0.4 is 11.1 Å². The van der Waals surface area contributed by atoms with Crippen LogP contribution in [0.5, 0.6) is 0 Å². The van der Waals surface area contributed by atoms with Crippen LogP contribution in [0.1, 0.15) is 18.4 Å². The van der Waals surface area contributed by atoms with Crippen molar-refractivity contribution >= 4 is 11.8 Å². The lowest BCUT2D eigenvalue weighted by Crippen LogP contribution is -2.49. The summed E-state index contributed by atoms with van der Waals surface area (Å²) in [6, 6.07) is -0.876. The summed E-state index contributed by atoms with van der Waals surface area (Å²) >= 11 is 0. The van der Waals surface area contributed by atoms with Crippen LogP contribution in [0.4, 0.5) is 26.3 Å². The van der Waals surface area contributed by atoms with Crippen molar-refractivity contribution < 1.29 is 35.9 Å². The minimum absolute atomic E-state index is 0.107. The Kier molecular flexibility index (Phi) is 6.57. The average Bonchev–Trinajstić information content (AvgIpc) is 2.73. The monoisotopic (exact) mass is 409 g/mol. The summed E-state index contributed by atoms with van der Waals surface area (Å²) in [5.74, 6) is -5.71. The van der Waals surface area contributed by atoms with E-state index in [1.54, 1.807) is 0 Å². The van der Waals surface area contributed by atoms with Crippen LogP contribution in [0.2, 0.25) is 0 Å². The van der Waals surface area contributed by atoms with E-state index in [9.17, 15) is 35.9 Å². The zero-order valence-electron chi connectivity index (χ0n) is 14.5. The molecule has 0 saturated carbocycles.